The zero-order valence-corrected chi connectivity index (χ0v) is 12.3. The van der Waals surface area contributed by atoms with Crippen molar-refractivity contribution < 1.29 is 21.5 Å². The highest BCUT2D eigenvalue weighted by Gasteiger charge is 2.03. The lowest BCUT2D eigenvalue weighted by Crippen LogP contribution is -3.00. The lowest BCUT2D eigenvalue weighted by molar-refractivity contribution is -0.660. The van der Waals surface area contributed by atoms with Crippen LogP contribution in [0.2, 0.25) is 0 Å². The van der Waals surface area contributed by atoms with Gasteiger partial charge >= 0.3 is 0 Å². The number of hydrogen-bond acceptors (Lipinski definition) is 1. The molecule has 0 saturated carbocycles. The number of aromatic nitrogens is 1. The van der Waals surface area contributed by atoms with Gasteiger partial charge in [0.25, 0.3) is 0 Å². The van der Waals surface area contributed by atoms with Crippen LogP contribution in [0.1, 0.15) is 0 Å². The molecule has 2 rings (SSSR count). The highest BCUT2D eigenvalue weighted by atomic mass is 79.9. The van der Waals surface area contributed by atoms with Gasteiger partial charge in [-0.2, -0.15) is 4.57 Å². The third-order valence-corrected chi connectivity index (χ3v) is 2.11. The van der Waals surface area contributed by atoms with Crippen LogP contribution < -0.4 is 27.7 Å². The molecule has 3 N–H and O–H groups in total. The average molecular weight is 348 g/mol. The molecule has 0 unspecified atom stereocenters. The Labute approximate surface area is 117 Å². The summed E-state index contributed by atoms with van der Waals surface area (Å²) in [6.45, 7) is 4.60. The summed E-state index contributed by atoms with van der Waals surface area (Å²) in [6.07, 6.45) is 3.98. The van der Waals surface area contributed by atoms with Gasteiger partial charge in [0.15, 0.2) is 12.7 Å². The van der Waals surface area contributed by atoms with Crippen molar-refractivity contribution in [2.24, 2.45) is 0 Å². The van der Waals surface area contributed by atoms with E-state index < -0.39 is 0 Å². The molecule has 1 heterocycles. The Kier molecular flexibility index (Phi) is 9.33. The molecule has 1 aromatic carbocycles. The van der Waals surface area contributed by atoms with Crippen LogP contribution in [-0.2, 0) is 6.54 Å². The molecule has 88 valence electrons. The fourth-order valence-corrected chi connectivity index (χ4v) is 1.52. The number of hydrogen-bond donors (Lipinski definition) is 1. The molecule has 0 radical (unpaired) electrons. The molecular weight excluding hydrogens is 332 g/mol. The Hall–Kier alpha value is -0.710. The van der Waals surface area contributed by atoms with Crippen molar-refractivity contribution >= 4 is 27.9 Å². The zero-order valence-electron chi connectivity index (χ0n) is 8.97. The number of rotatable bonds is 2. The van der Waals surface area contributed by atoms with E-state index in [4.69, 9.17) is 0 Å². The molecule has 2 aromatic rings. The molecule has 1 aromatic heterocycles. The fourth-order valence-electron chi connectivity index (χ4n) is 1.52. The smallest absolute Gasteiger partial charge is 0.212 e. The third-order valence-electron chi connectivity index (χ3n) is 2.11. The van der Waals surface area contributed by atoms with Gasteiger partial charge in [-0.15, -0.1) is 17.0 Å². The van der Waals surface area contributed by atoms with Gasteiger partial charge in [0.05, 0.1) is 0 Å². The van der Waals surface area contributed by atoms with Crippen molar-refractivity contribution in [1.29, 1.82) is 0 Å². The van der Waals surface area contributed by atoms with Gasteiger partial charge in [0.2, 0.25) is 5.52 Å². The van der Waals surface area contributed by atoms with Crippen LogP contribution in [0.25, 0.3) is 10.9 Å². The van der Waals surface area contributed by atoms with Crippen LogP contribution in [0.4, 0.5) is 0 Å². The predicted octanol–water partition coefficient (Wildman–Crippen LogP) is 0.0572. The van der Waals surface area contributed by atoms with Crippen molar-refractivity contribution in [2.45, 2.75) is 6.54 Å². The van der Waals surface area contributed by atoms with Gasteiger partial charge in [-0.1, -0.05) is 18.7 Å². The molecule has 4 heteroatoms. The molecule has 0 aliphatic heterocycles. The molecule has 16 heavy (non-hydrogen) atoms. The summed E-state index contributed by atoms with van der Waals surface area (Å²) in [6, 6.07) is 12.5. The molecule has 0 amide bonds. The first-order valence-electron chi connectivity index (χ1n) is 4.40. The Morgan fingerprint density at radius 1 is 1.12 bits per heavy atom. The number of fused-ring (bicyclic) bond motifs is 1. The molecule has 0 spiro atoms. The number of benzene rings is 1. The SMILES string of the molecule is Br.C=CC[n+]1cccc2ccccc21.N.[Br-]. The second-order valence-corrected chi connectivity index (χ2v) is 3.01. The topological polar surface area (TPSA) is 38.9 Å². The van der Waals surface area contributed by atoms with Gasteiger partial charge in [-0.05, 0) is 18.2 Å². The third kappa shape index (κ3) is 3.70. The first-order valence-corrected chi connectivity index (χ1v) is 4.40. The van der Waals surface area contributed by atoms with Crippen LogP contribution in [-0.4, -0.2) is 0 Å². The Morgan fingerprint density at radius 2 is 1.75 bits per heavy atom. The van der Waals surface area contributed by atoms with Crippen molar-refractivity contribution in [1.82, 2.24) is 6.15 Å². The Morgan fingerprint density at radius 3 is 2.44 bits per heavy atom. The van der Waals surface area contributed by atoms with E-state index in [-0.39, 0.29) is 40.1 Å². The zero-order chi connectivity index (χ0) is 9.10. The summed E-state index contributed by atoms with van der Waals surface area (Å²) in [7, 11) is 0. The minimum Gasteiger partial charge on any atom is -1.00 e. The molecule has 0 fully saturated rings. The normalized spacial score (nSPS) is 8.25. The number of halogens is 2. The van der Waals surface area contributed by atoms with E-state index in [1.807, 2.05) is 6.08 Å². The fraction of sp³-hybridized carbons (Fsp3) is 0.0833. The monoisotopic (exact) mass is 346 g/mol. The maximum Gasteiger partial charge on any atom is 0.212 e. The van der Waals surface area contributed by atoms with Crippen molar-refractivity contribution in [3.63, 3.8) is 0 Å². The minimum absolute atomic E-state index is 0. The highest BCUT2D eigenvalue weighted by molar-refractivity contribution is 8.93. The summed E-state index contributed by atoms with van der Waals surface area (Å²) >= 11 is 0. The number of allylic oxidation sites excluding steroid dienone is 1. The van der Waals surface area contributed by atoms with Gasteiger partial charge in [0, 0.05) is 17.5 Å². The number of para-hydroxylation sites is 1. The maximum atomic E-state index is 3.74. The first-order chi connectivity index (χ1) is 6.42. The molecule has 0 saturated heterocycles. The summed E-state index contributed by atoms with van der Waals surface area (Å²) in [5, 5.41) is 1.27. The summed E-state index contributed by atoms with van der Waals surface area (Å²) in [5.74, 6) is 0. The molecule has 0 atom stereocenters. The Bertz CT molecular complexity index is 438. The molecular formula is C12H16Br2N2. The van der Waals surface area contributed by atoms with E-state index in [1.165, 1.54) is 10.9 Å². The first kappa shape index (κ1) is 17.7. The van der Waals surface area contributed by atoms with Crippen LogP contribution >= 0.6 is 17.0 Å². The van der Waals surface area contributed by atoms with E-state index in [9.17, 15) is 0 Å². The van der Waals surface area contributed by atoms with Gasteiger partial charge in [-0.3, -0.25) is 0 Å². The van der Waals surface area contributed by atoms with E-state index in [0.29, 0.717) is 0 Å². The molecule has 0 aliphatic carbocycles. The highest BCUT2D eigenvalue weighted by Crippen LogP contribution is 2.07. The van der Waals surface area contributed by atoms with Gasteiger partial charge < -0.3 is 23.1 Å². The van der Waals surface area contributed by atoms with E-state index in [2.05, 4.69) is 53.7 Å². The van der Waals surface area contributed by atoms with E-state index in [1.54, 1.807) is 0 Å². The largest absolute Gasteiger partial charge is 1.00 e. The van der Waals surface area contributed by atoms with Crippen molar-refractivity contribution in [3.8, 4) is 0 Å². The average Bonchev–Trinajstić information content (AvgIpc) is 2.19. The molecule has 0 bridgehead atoms. The van der Waals surface area contributed by atoms with Gasteiger partial charge in [0.1, 0.15) is 0 Å². The number of nitrogens with zero attached hydrogens (tertiary/aromatic N) is 1. The number of pyridine rings is 1. The predicted molar refractivity (Wildman–Crippen MR) is 69.7 cm³/mol. The summed E-state index contributed by atoms with van der Waals surface area (Å²) < 4.78 is 2.18. The second kappa shape index (κ2) is 8.44. The molecule has 0 aliphatic rings. The van der Waals surface area contributed by atoms with Crippen LogP contribution in [0.3, 0.4) is 0 Å². The van der Waals surface area contributed by atoms with Crippen molar-refractivity contribution in [3.05, 3.63) is 55.3 Å². The molecule has 2 nitrogen and oxygen atoms in total. The van der Waals surface area contributed by atoms with E-state index in [0.717, 1.165) is 6.54 Å². The summed E-state index contributed by atoms with van der Waals surface area (Å²) in [4.78, 5) is 0. The lowest BCUT2D eigenvalue weighted by Gasteiger charge is -1.96. The van der Waals surface area contributed by atoms with Gasteiger partial charge in [-0.25, -0.2) is 0 Å². The summed E-state index contributed by atoms with van der Waals surface area (Å²) in [5.41, 5.74) is 1.25. The van der Waals surface area contributed by atoms with Crippen molar-refractivity contribution in [2.75, 3.05) is 0 Å². The van der Waals surface area contributed by atoms with Crippen LogP contribution in [0.5, 0.6) is 0 Å². The van der Waals surface area contributed by atoms with Crippen LogP contribution in [0, 0.1) is 0 Å². The quantitative estimate of drug-likeness (QED) is 0.605. The van der Waals surface area contributed by atoms with Crippen LogP contribution in [0.15, 0.2) is 55.3 Å². The minimum atomic E-state index is 0. The lowest BCUT2D eigenvalue weighted by atomic mass is 10.2. The second-order valence-electron chi connectivity index (χ2n) is 3.01. The standard InChI is InChI=1S/C12H12N.2BrH.H3N/c1-2-9-13-10-5-7-11-6-3-4-8-12(11)13;;;/h2-8,10H,1,9H2;2*1H;1H3/q+1;;;/p-1. The van der Waals surface area contributed by atoms with E-state index >= 15 is 0 Å². The maximum absolute atomic E-state index is 3.74. The Balaban J connectivity index is 0.